The zero-order valence-corrected chi connectivity index (χ0v) is 5.91. The Balaban J connectivity index is 3.10. The van der Waals surface area contributed by atoms with Crippen LogP contribution in [0.4, 0.5) is 9.59 Å². The summed E-state index contributed by atoms with van der Waals surface area (Å²) < 4.78 is 8.21. The van der Waals surface area contributed by atoms with E-state index in [4.69, 9.17) is 0 Å². The number of hydrogen-bond acceptors (Lipinski definition) is 4. The molecular weight excluding hydrogens is 144 g/mol. The van der Waals surface area contributed by atoms with Crippen molar-refractivity contribution in [3.63, 3.8) is 0 Å². The number of hydrogen-bond donors (Lipinski definition) is 2. The maximum atomic E-state index is 9.78. The minimum absolute atomic E-state index is 0.956. The molecule has 0 aromatic rings. The Bertz CT molecular complexity index is 112. The maximum Gasteiger partial charge on any atom is 0.435 e. The van der Waals surface area contributed by atoms with Crippen LogP contribution in [0, 0.1) is 0 Å². The number of amides is 2. The van der Waals surface area contributed by atoms with Gasteiger partial charge in [0.2, 0.25) is 0 Å². The number of nitrogens with two attached hydrogens (primary N) is 2. The normalized spacial score (nSPS) is 8.00. The van der Waals surface area contributed by atoms with Crippen LogP contribution in [0.5, 0.6) is 0 Å². The van der Waals surface area contributed by atoms with Crippen molar-refractivity contribution in [2.24, 2.45) is 11.5 Å². The Labute approximate surface area is 53.2 Å². The molecule has 0 aromatic heterocycles. The van der Waals surface area contributed by atoms with Crippen LogP contribution < -0.4 is 11.5 Å². The third kappa shape index (κ3) is 6.76. The van der Waals surface area contributed by atoms with Crippen molar-refractivity contribution >= 4 is 22.2 Å². The first-order chi connectivity index (χ1) is 4.13. The first-order valence-electron chi connectivity index (χ1n) is 1.97. The van der Waals surface area contributed by atoms with E-state index in [1.807, 2.05) is 0 Å². The van der Waals surface area contributed by atoms with E-state index in [2.05, 4.69) is 20.3 Å². The van der Waals surface area contributed by atoms with E-state index in [1.165, 1.54) is 0 Å². The molecule has 7 heteroatoms. The molecule has 0 aliphatic heterocycles. The molecule has 0 heterocycles. The summed E-state index contributed by atoms with van der Waals surface area (Å²) in [5, 5.41) is 0. The third-order valence-corrected chi connectivity index (χ3v) is 1.21. The Morgan fingerprint density at radius 2 is 1.44 bits per heavy atom. The van der Waals surface area contributed by atoms with Gasteiger partial charge in [-0.2, -0.15) is 0 Å². The molecule has 0 spiro atoms. The Hall–Kier alpha value is -1.24. The van der Waals surface area contributed by atoms with Gasteiger partial charge >= 0.3 is 22.2 Å². The number of carbonyl (C=O) groups is 2. The topological polar surface area (TPSA) is 105 Å². The van der Waals surface area contributed by atoms with Crippen LogP contribution in [-0.2, 0) is 8.85 Å². The summed E-state index contributed by atoms with van der Waals surface area (Å²) in [7, 11) is -1.63. The smallest absolute Gasteiger partial charge is 0.435 e. The Morgan fingerprint density at radius 1 is 1.11 bits per heavy atom. The molecule has 6 nitrogen and oxygen atoms in total. The molecule has 2 amide bonds. The number of primary amides is 2. The fourth-order valence-electron chi connectivity index (χ4n) is 0.146. The highest BCUT2D eigenvalue weighted by molar-refractivity contribution is 6.25. The minimum atomic E-state index is -1.63. The first kappa shape index (κ1) is 7.76. The fourth-order valence-corrected chi connectivity index (χ4v) is 0.437. The Morgan fingerprint density at radius 3 is 1.67 bits per heavy atom. The first-order valence-corrected chi connectivity index (χ1v) is 3.13. The molecular formula is C2H6N2O4Si. The van der Waals surface area contributed by atoms with Crippen molar-refractivity contribution in [1.82, 2.24) is 0 Å². The van der Waals surface area contributed by atoms with Gasteiger partial charge < -0.3 is 20.3 Å². The molecule has 0 aromatic carbocycles. The van der Waals surface area contributed by atoms with Crippen molar-refractivity contribution in [1.29, 1.82) is 0 Å². The quantitative estimate of drug-likeness (QED) is 0.452. The van der Waals surface area contributed by atoms with Crippen LogP contribution in [-0.4, -0.2) is 22.2 Å². The Kier molecular flexibility index (Phi) is 3.21. The van der Waals surface area contributed by atoms with Gasteiger partial charge in [0, 0.05) is 0 Å². The van der Waals surface area contributed by atoms with Crippen LogP contribution >= 0.6 is 0 Å². The van der Waals surface area contributed by atoms with Gasteiger partial charge in [0.05, 0.1) is 0 Å². The van der Waals surface area contributed by atoms with Gasteiger partial charge in [0.15, 0.2) is 0 Å². The van der Waals surface area contributed by atoms with E-state index in [1.54, 1.807) is 0 Å². The molecule has 0 rings (SSSR count). The molecule has 4 N–H and O–H groups in total. The lowest BCUT2D eigenvalue weighted by molar-refractivity contribution is 0.190. The van der Waals surface area contributed by atoms with Crippen LogP contribution in [0.2, 0.25) is 0 Å². The van der Waals surface area contributed by atoms with Gasteiger partial charge in [0.25, 0.3) is 0 Å². The van der Waals surface area contributed by atoms with E-state index in [0.717, 1.165) is 0 Å². The van der Waals surface area contributed by atoms with Crippen molar-refractivity contribution in [3.05, 3.63) is 0 Å². The van der Waals surface area contributed by atoms with Crippen molar-refractivity contribution in [2.75, 3.05) is 0 Å². The van der Waals surface area contributed by atoms with Gasteiger partial charge in [-0.25, -0.2) is 9.59 Å². The van der Waals surface area contributed by atoms with Crippen LogP contribution in [0.1, 0.15) is 0 Å². The SMILES string of the molecule is NC(=O)O[SiH2]OC(N)=O. The summed E-state index contributed by atoms with van der Waals surface area (Å²) >= 11 is 0. The minimum Gasteiger partial charge on any atom is -0.473 e. The molecule has 0 unspecified atom stereocenters. The summed E-state index contributed by atoms with van der Waals surface area (Å²) in [4.78, 5) is 19.6. The largest absolute Gasteiger partial charge is 0.473 e. The highest BCUT2D eigenvalue weighted by Gasteiger charge is 1.96. The van der Waals surface area contributed by atoms with Gasteiger partial charge in [0.1, 0.15) is 0 Å². The summed E-state index contributed by atoms with van der Waals surface area (Å²) in [5.41, 5.74) is 9.04. The highest BCUT2D eigenvalue weighted by Crippen LogP contribution is 1.72. The van der Waals surface area contributed by atoms with Gasteiger partial charge in [-0.3, -0.25) is 0 Å². The molecule has 0 radical (unpaired) electrons. The predicted octanol–water partition coefficient (Wildman–Crippen LogP) is -1.82. The summed E-state index contributed by atoms with van der Waals surface area (Å²) in [6.45, 7) is 0. The lowest BCUT2D eigenvalue weighted by atomic mass is 11.3. The third-order valence-electron chi connectivity index (χ3n) is 0.402. The van der Waals surface area contributed by atoms with Crippen LogP contribution in [0.25, 0.3) is 0 Å². The monoisotopic (exact) mass is 150 g/mol. The molecule has 0 saturated carbocycles. The van der Waals surface area contributed by atoms with E-state index in [0.29, 0.717) is 0 Å². The van der Waals surface area contributed by atoms with Gasteiger partial charge in [-0.05, 0) is 0 Å². The lowest BCUT2D eigenvalue weighted by Crippen LogP contribution is -2.22. The summed E-state index contributed by atoms with van der Waals surface area (Å²) in [6, 6.07) is 0. The van der Waals surface area contributed by atoms with Crippen molar-refractivity contribution < 1.29 is 18.4 Å². The van der Waals surface area contributed by atoms with Gasteiger partial charge in [-0.1, -0.05) is 0 Å². The molecule has 0 atom stereocenters. The standard InChI is InChI=1S/C2H6N2O4Si/c3-1(5)7-9-8-2(4)6/h9H2,(H2,3,5)(H2,4,6). The maximum absolute atomic E-state index is 9.78. The lowest BCUT2D eigenvalue weighted by Gasteiger charge is -1.98. The molecule has 0 fully saturated rings. The second-order valence-electron chi connectivity index (χ2n) is 1.04. The van der Waals surface area contributed by atoms with E-state index < -0.39 is 22.2 Å². The second kappa shape index (κ2) is 3.72. The van der Waals surface area contributed by atoms with Crippen LogP contribution in [0.15, 0.2) is 0 Å². The molecule has 0 aliphatic carbocycles. The van der Waals surface area contributed by atoms with E-state index in [9.17, 15) is 9.59 Å². The number of rotatable bonds is 2. The predicted molar refractivity (Wildman–Crippen MR) is 29.9 cm³/mol. The molecule has 0 bridgehead atoms. The summed E-state index contributed by atoms with van der Waals surface area (Å²) in [6.07, 6.45) is -1.91. The van der Waals surface area contributed by atoms with Crippen molar-refractivity contribution in [2.45, 2.75) is 0 Å². The van der Waals surface area contributed by atoms with Crippen LogP contribution in [0.3, 0.4) is 0 Å². The zero-order valence-electron chi connectivity index (χ0n) is 4.49. The molecule has 0 aliphatic rings. The zero-order chi connectivity index (χ0) is 7.28. The molecule has 52 valence electrons. The fraction of sp³-hybridized carbons (Fsp3) is 0. The molecule has 0 saturated heterocycles. The summed E-state index contributed by atoms with van der Waals surface area (Å²) in [5.74, 6) is 0. The second-order valence-corrected chi connectivity index (χ2v) is 1.86. The van der Waals surface area contributed by atoms with E-state index >= 15 is 0 Å². The van der Waals surface area contributed by atoms with E-state index in [-0.39, 0.29) is 0 Å². The number of carbonyl (C=O) groups excluding carboxylic acids is 2. The van der Waals surface area contributed by atoms with Gasteiger partial charge in [-0.15, -0.1) is 0 Å². The average molecular weight is 150 g/mol. The highest BCUT2D eigenvalue weighted by atomic mass is 28.3. The molecule has 9 heavy (non-hydrogen) atoms. The average Bonchev–Trinajstić information content (AvgIpc) is 1.63. The van der Waals surface area contributed by atoms with Crippen molar-refractivity contribution in [3.8, 4) is 0 Å².